The lowest BCUT2D eigenvalue weighted by Gasteiger charge is -1.94. The zero-order valence-corrected chi connectivity index (χ0v) is 10.1. The molecule has 3 nitrogen and oxygen atoms in total. The Morgan fingerprint density at radius 2 is 2.13 bits per heavy atom. The molecule has 0 saturated heterocycles. The second-order valence-corrected chi connectivity index (χ2v) is 4.44. The summed E-state index contributed by atoms with van der Waals surface area (Å²) in [5.41, 5.74) is 2.08. The van der Waals surface area contributed by atoms with Crippen LogP contribution in [0.5, 0.6) is 0 Å². The van der Waals surface area contributed by atoms with Crippen molar-refractivity contribution in [1.82, 2.24) is 4.98 Å². The van der Waals surface area contributed by atoms with Crippen LogP contribution in [0.3, 0.4) is 0 Å². The van der Waals surface area contributed by atoms with Crippen LogP contribution in [0.2, 0.25) is 0 Å². The first-order valence-corrected chi connectivity index (χ1v) is 5.73. The summed E-state index contributed by atoms with van der Waals surface area (Å²) in [5, 5.41) is 9.79. The molecule has 0 saturated carbocycles. The fourth-order valence-electron chi connectivity index (χ4n) is 1.57. The molecule has 0 bridgehead atoms. The number of carbonyl (C=O) groups is 1. The van der Waals surface area contributed by atoms with Gasteiger partial charge >= 0.3 is 5.97 Å². The number of nitrogens with one attached hydrogen (secondary N) is 1. The number of H-pyrrole nitrogens is 1. The Labute approximate surface area is 101 Å². The Balaban J connectivity index is 2.36. The maximum atomic E-state index is 10.5. The minimum atomic E-state index is -0.760. The first kappa shape index (κ1) is 10.5. The van der Waals surface area contributed by atoms with E-state index in [9.17, 15) is 4.79 Å². The zero-order chi connectivity index (χ0) is 10.8. The van der Waals surface area contributed by atoms with E-state index in [4.69, 9.17) is 5.11 Å². The normalized spacial score (nSPS) is 10.7. The highest BCUT2D eigenvalue weighted by molar-refractivity contribution is 14.1. The molecule has 0 spiro atoms. The Kier molecular flexibility index (Phi) is 2.95. The molecule has 0 atom stereocenters. The number of hydrogen-bond donors (Lipinski definition) is 2. The predicted octanol–water partition coefficient (Wildman–Crippen LogP) is 2.79. The largest absolute Gasteiger partial charge is 0.481 e. The second kappa shape index (κ2) is 4.22. The molecule has 0 aliphatic carbocycles. The molecule has 2 rings (SSSR count). The summed E-state index contributed by atoms with van der Waals surface area (Å²) >= 11 is 2.26. The van der Waals surface area contributed by atoms with E-state index >= 15 is 0 Å². The van der Waals surface area contributed by atoms with E-state index < -0.39 is 5.97 Å². The Morgan fingerprint density at radius 3 is 2.80 bits per heavy atom. The average Bonchev–Trinajstić information content (AvgIpc) is 2.54. The van der Waals surface area contributed by atoms with Crippen molar-refractivity contribution in [2.24, 2.45) is 0 Å². The van der Waals surface area contributed by atoms with Crippen LogP contribution in [0.15, 0.2) is 24.3 Å². The maximum absolute atomic E-state index is 10.5. The van der Waals surface area contributed by atoms with Gasteiger partial charge in [-0.25, -0.2) is 0 Å². The van der Waals surface area contributed by atoms with Crippen LogP contribution in [0.25, 0.3) is 10.9 Å². The highest BCUT2D eigenvalue weighted by atomic mass is 127. The molecular formula is C11H10INO2. The van der Waals surface area contributed by atoms with E-state index in [0.717, 1.165) is 14.8 Å². The SMILES string of the molecule is O=C(O)CCc1[nH]c2ccccc2c1I. The number of benzene rings is 1. The van der Waals surface area contributed by atoms with Crippen molar-refractivity contribution >= 4 is 39.5 Å². The van der Waals surface area contributed by atoms with Crippen molar-refractivity contribution in [3.8, 4) is 0 Å². The summed E-state index contributed by atoms with van der Waals surface area (Å²) in [7, 11) is 0. The van der Waals surface area contributed by atoms with Crippen LogP contribution in [0, 0.1) is 3.57 Å². The molecule has 0 radical (unpaired) electrons. The van der Waals surface area contributed by atoms with Gasteiger partial charge in [-0.2, -0.15) is 0 Å². The highest BCUT2D eigenvalue weighted by Gasteiger charge is 2.09. The van der Waals surface area contributed by atoms with E-state index in [-0.39, 0.29) is 6.42 Å². The highest BCUT2D eigenvalue weighted by Crippen LogP contribution is 2.24. The number of aliphatic carboxylic acids is 1. The van der Waals surface area contributed by atoms with E-state index in [1.54, 1.807) is 0 Å². The Hall–Kier alpha value is -1.04. The van der Waals surface area contributed by atoms with Gasteiger partial charge in [-0.3, -0.25) is 4.79 Å². The molecule has 2 aromatic rings. The number of halogens is 1. The number of hydrogen-bond acceptors (Lipinski definition) is 1. The smallest absolute Gasteiger partial charge is 0.303 e. The summed E-state index contributed by atoms with van der Waals surface area (Å²) in [6, 6.07) is 7.99. The first-order chi connectivity index (χ1) is 7.18. The molecule has 15 heavy (non-hydrogen) atoms. The lowest BCUT2D eigenvalue weighted by Crippen LogP contribution is -1.98. The average molecular weight is 315 g/mol. The topological polar surface area (TPSA) is 53.1 Å². The predicted molar refractivity (Wildman–Crippen MR) is 67.0 cm³/mol. The van der Waals surface area contributed by atoms with Gasteiger partial charge in [0.05, 0.1) is 6.42 Å². The standard InChI is InChI=1S/C11H10INO2/c12-11-7-3-1-2-4-8(7)13-9(11)5-6-10(14)15/h1-4,13H,5-6H2,(H,14,15). The number of para-hydroxylation sites is 1. The number of fused-ring (bicyclic) bond motifs is 1. The van der Waals surface area contributed by atoms with Gasteiger partial charge in [0.25, 0.3) is 0 Å². The molecule has 1 aromatic carbocycles. The fourth-order valence-corrected chi connectivity index (χ4v) is 2.44. The Morgan fingerprint density at radius 1 is 1.40 bits per heavy atom. The summed E-state index contributed by atoms with van der Waals surface area (Å²) in [4.78, 5) is 13.7. The van der Waals surface area contributed by atoms with Crippen LogP contribution in [-0.2, 0) is 11.2 Å². The Bertz CT molecular complexity index is 504. The molecule has 4 heteroatoms. The van der Waals surface area contributed by atoms with E-state index in [1.165, 1.54) is 5.39 Å². The van der Waals surface area contributed by atoms with Crippen LogP contribution in [0.4, 0.5) is 0 Å². The van der Waals surface area contributed by atoms with Crippen LogP contribution in [-0.4, -0.2) is 16.1 Å². The van der Waals surface area contributed by atoms with Gasteiger partial charge in [0.15, 0.2) is 0 Å². The van der Waals surface area contributed by atoms with E-state index in [0.29, 0.717) is 6.42 Å². The van der Waals surface area contributed by atoms with E-state index in [2.05, 4.69) is 27.6 Å². The molecular weight excluding hydrogens is 305 g/mol. The minimum absolute atomic E-state index is 0.169. The number of carboxylic acid groups (broad SMARTS) is 1. The van der Waals surface area contributed by atoms with E-state index in [1.807, 2.05) is 24.3 Å². The molecule has 0 unspecified atom stereocenters. The van der Waals surface area contributed by atoms with Gasteiger partial charge in [0.1, 0.15) is 0 Å². The lowest BCUT2D eigenvalue weighted by molar-refractivity contribution is -0.136. The van der Waals surface area contributed by atoms with Gasteiger partial charge in [0.2, 0.25) is 0 Å². The third-order valence-corrected chi connectivity index (χ3v) is 3.54. The third kappa shape index (κ3) is 2.14. The molecule has 0 aliphatic heterocycles. The van der Waals surface area contributed by atoms with Crippen molar-refractivity contribution in [3.63, 3.8) is 0 Å². The van der Waals surface area contributed by atoms with Gasteiger partial charge < -0.3 is 10.1 Å². The number of aromatic amines is 1. The van der Waals surface area contributed by atoms with Crippen molar-refractivity contribution in [2.75, 3.05) is 0 Å². The van der Waals surface area contributed by atoms with Gasteiger partial charge in [-0.05, 0) is 35.1 Å². The third-order valence-electron chi connectivity index (χ3n) is 2.30. The van der Waals surface area contributed by atoms with Gasteiger partial charge in [-0.1, -0.05) is 18.2 Å². The number of carboxylic acids is 1. The van der Waals surface area contributed by atoms with Crippen molar-refractivity contribution in [2.45, 2.75) is 12.8 Å². The summed E-state index contributed by atoms with van der Waals surface area (Å²) in [5.74, 6) is -0.760. The number of aryl methyl sites for hydroxylation is 1. The van der Waals surface area contributed by atoms with Crippen LogP contribution >= 0.6 is 22.6 Å². The minimum Gasteiger partial charge on any atom is -0.481 e. The van der Waals surface area contributed by atoms with Crippen molar-refractivity contribution < 1.29 is 9.90 Å². The number of rotatable bonds is 3. The van der Waals surface area contributed by atoms with Gasteiger partial charge in [-0.15, -0.1) is 0 Å². The van der Waals surface area contributed by atoms with Crippen molar-refractivity contribution in [3.05, 3.63) is 33.5 Å². The molecule has 0 amide bonds. The fraction of sp³-hybridized carbons (Fsp3) is 0.182. The quantitative estimate of drug-likeness (QED) is 0.856. The summed E-state index contributed by atoms with van der Waals surface area (Å²) < 4.78 is 1.13. The molecule has 1 heterocycles. The molecule has 0 aliphatic rings. The zero-order valence-electron chi connectivity index (χ0n) is 7.96. The first-order valence-electron chi connectivity index (χ1n) is 4.65. The second-order valence-electron chi connectivity index (χ2n) is 3.36. The monoisotopic (exact) mass is 315 g/mol. The van der Waals surface area contributed by atoms with Gasteiger partial charge in [0, 0.05) is 20.2 Å². The maximum Gasteiger partial charge on any atom is 0.303 e. The van der Waals surface area contributed by atoms with Crippen molar-refractivity contribution in [1.29, 1.82) is 0 Å². The number of aromatic nitrogens is 1. The molecule has 78 valence electrons. The molecule has 0 fully saturated rings. The molecule has 1 aromatic heterocycles. The van der Waals surface area contributed by atoms with Crippen LogP contribution < -0.4 is 0 Å². The summed E-state index contributed by atoms with van der Waals surface area (Å²) in [6.07, 6.45) is 0.727. The van der Waals surface area contributed by atoms with Crippen LogP contribution in [0.1, 0.15) is 12.1 Å². The lowest BCUT2D eigenvalue weighted by atomic mass is 10.2. The molecule has 2 N–H and O–H groups in total. The summed E-state index contributed by atoms with van der Waals surface area (Å²) in [6.45, 7) is 0.